The Morgan fingerprint density at radius 1 is 1.00 bits per heavy atom. The molecular weight excluding hydrogens is 397 g/mol. The largest absolute Gasteiger partial charge is 0.482 e. The summed E-state index contributed by atoms with van der Waals surface area (Å²) >= 11 is 0. The van der Waals surface area contributed by atoms with Crippen molar-refractivity contribution in [3.63, 3.8) is 0 Å². The van der Waals surface area contributed by atoms with Gasteiger partial charge in [-0.3, -0.25) is 4.90 Å². The zero-order valence-electron chi connectivity index (χ0n) is 17.1. The number of halogens is 1. The number of aliphatic carboxylic acids is 1. The molecule has 160 valence electrons. The minimum atomic E-state index is -1.02. The van der Waals surface area contributed by atoms with E-state index >= 15 is 0 Å². The van der Waals surface area contributed by atoms with Gasteiger partial charge < -0.3 is 14.7 Å². The highest BCUT2D eigenvalue weighted by Crippen LogP contribution is 2.28. The lowest BCUT2D eigenvalue weighted by Crippen LogP contribution is -2.46. The molecule has 1 aliphatic rings. The molecule has 4 rings (SSSR count). The molecule has 31 heavy (non-hydrogen) atoms. The van der Waals surface area contributed by atoms with Gasteiger partial charge in [-0.1, -0.05) is 24.3 Å². The predicted octanol–water partition coefficient (Wildman–Crippen LogP) is 3.67. The monoisotopic (exact) mass is 421 g/mol. The molecule has 0 bridgehead atoms. The van der Waals surface area contributed by atoms with E-state index in [1.54, 1.807) is 24.4 Å². The van der Waals surface area contributed by atoms with E-state index in [1.165, 1.54) is 12.1 Å². The summed E-state index contributed by atoms with van der Waals surface area (Å²) < 4.78 is 18.8. The molecule has 0 atom stereocenters. The van der Waals surface area contributed by atoms with Crippen molar-refractivity contribution in [1.29, 1.82) is 0 Å². The zero-order valence-corrected chi connectivity index (χ0v) is 17.1. The Hall–Kier alpha value is -3.45. The zero-order chi connectivity index (χ0) is 21.6. The number of hydrogen-bond donors (Lipinski definition) is 1. The fourth-order valence-electron chi connectivity index (χ4n) is 3.72. The molecule has 0 radical (unpaired) electrons. The molecular formula is C24H24FN3O3. The van der Waals surface area contributed by atoms with Gasteiger partial charge in [0.25, 0.3) is 0 Å². The number of anilines is 1. The predicted molar refractivity (Wildman–Crippen MR) is 117 cm³/mol. The van der Waals surface area contributed by atoms with Crippen LogP contribution in [0.25, 0.3) is 11.1 Å². The number of carboxylic acid groups (broad SMARTS) is 1. The lowest BCUT2D eigenvalue weighted by molar-refractivity contribution is -0.139. The van der Waals surface area contributed by atoms with Crippen molar-refractivity contribution < 1.29 is 19.0 Å². The molecule has 0 saturated carbocycles. The minimum Gasteiger partial charge on any atom is -0.482 e. The van der Waals surface area contributed by atoms with E-state index < -0.39 is 12.6 Å². The van der Waals surface area contributed by atoms with E-state index in [-0.39, 0.29) is 5.82 Å². The molecule has 2 heterocycles. The van der Waals surface area contributed by atoms with Crippen molar-refractivity contribution in [2.24, 2.45) is 0 Å². The van der Waals surface area contributed by atoms with Crippen LogP contribution in [0.4, 0.5) is 10.2 Å². The van der Waals surface area contributed by atoms with Crippen LogP contribution in [0.5, 0.6) is 5.75 Å². The Morgan fingerprint density at radius 2 is 1.74 bits per heavy atom. The fraction of sp³-hybridized carbons (Fsp3) is 0.250. The Kier molecular flexibility index (Phi) is 6.43. The van der Waals surface area contributed by atoms with E-state index in [0.29, 0.717) is 12.3 Å². The standard InChI is InChI=1S/C24H24FN3O3/c25-21-7-4-18(5-8-21)19-6-9-22(31-17-24(29)30)20(15-19)16-27-11-13-28(14-12-27)23-3-1-2-10-26-23/h1-10,15H,11-14,16-17H2,(H,29,30). The Morgan fingerprint density at radius 3 is 2.42 bits per heavy atom. The number of hydrogen-bond acceptors (Lipinski definition) is 5. The van der Waals surface area contributed by atoms with Crippen molar-refractivity contribution >= 4 is 11.8 Å². The van der Waals surface area contributed by atoms with Crippen molar-refractivity contribution in [3.8, 4) is 16.9 Å². The second-order valence-corrected chi connectivity index (χ2v) is 7.46. The third-order valence-electron chi connectivity index (χ3n) is 5.33. The molecule has 0 aliphatic carbocycles. The first-order valence-corrected chi connectivity index (χ1v) is 10.2. The molecule has 3 aromatic rings. The van der Waals surface area contributed by atoms with Gasteiger partial charge in [-0.2, -0.15) is 0 Å². The van der Waals surface area contributed by atoms with Crippen LogP contribution in [0.3, 0.4) is 0 Å². The molecule has 1 aliphatic heterocycles. The number of benzene rings is 2. The summed E-state index contributed by atoms with van der Waals surface area (Å²) in [6, 6.07) is 17.9. The average molecular weight is 421 g/mol. The smallest absolute Gasteiger partial charge is 0.341 e. The molecule has 1 fully saturated rings. The second kappa shape index (κ2) is 9.57. The number of carboxylic acids is 1. The first-order chi connectivity index (χ1) is 15.1. The van der Waals surface area contributed by atoms with Crippen LogP contribution in [0.1, 0.15) is 5.56 Å². The number of rotatable bonds is 7. The van der Waals surface area contributed by atoms with Crippen molar-refractivity contribution in [1.82, 2.24) is 9.88 Å². The lowest BCUT2D eigenvalue weighted by Gasteiger charge is -2.35. The number of ether oxygens (including phenoxy) is 1. The van der Waals surface area contributed by atoms with Crippen LogP contribution in [0.15, 0.2) is 66.9 Å². The molecule has 0 spiro atoms. The summed E-state index contributed by atoms with van der Waals surface area (Å²) in [5.41, 5.74) is 2.74. The van der Waals surface area contributed by atoms with Gasteiger partial charge in [0.2, 0.25) is 0 Å². The van der Waals surface area contributed by atoms with Gasteiger partial charge >= 0.3 is 5.97 Å². The maximum atomic E-state index is 13.3. The van der Waals surface area contributed by atoms with Gasteiger partial charge in [0.05, 0.1) is 0 Å². The van der Waals surface area contributed by atoms with Gasteiger partial charge in [0.15, 0.2) is 6.61 Å². The first kappa shape index (κ1) is 20.8. The highest BCUT2D eigenvalue weighted by molar-refractivity contribution is 5.69. The molecule has 0 unspecified atom stereocenters. The lowest BCUT2D eigenvalue weighted by atomic mass is 10.0. The number of carbonyl (C=O) groups is 1. The summed E-state index contributed by atoms with van der Waals surface area (Å²) in [5.74, 6) is 0.236. The SMILES string of the molecule is O=C(O)COc1ccc(-c2ccc(F)cc2)cc1CN1CCN(c2ccccn2)CC1. The van der Waals surface area contributed by atoms with E-state index in [2.05, 4.69) is 14.8 Å². The average Bonchev–Trinajstić information content (AvgIpc) is 2.80. The molecule has 0 amide bonds. The quantitative estimate of drug-likeness (QED) is 0.628. The van der Waals surface area contributed by atoms with Crippen molar-refractivity contribution in [2.45, 2.75) is 6.54 Å². The van der Waals surface area contributed by atoms with Gasteiger partial charge in [-0.15, -0.1) is 0 Å². The van der Waals surface area contributed by atoms with Crippen LogP contribution in [0, 0.1) is 5.82 Å². The number of piperazine rings is 1. The number of pyridine rings is 1. The number of nitrogens with zero attached hydrogens (tertiary/aromatic N) is 3. The third kappa shape index (κ3) is 5.38. The van der Waals surface area contributed by atoms with Gasteiger partial charge in [0, 0.05) is 44.5 Å². The first-order valence-electron chi connectivity index (χ1n) is 10.2. The highest BCUT2D eigenvalue weighted by atomic mass is 19.1. The maximum Gasteiger partial charge on any atom is 0.341 e. The van der Waals surface area contributed by atoms with Crippen LogP contribution in [-0.2, 0) is 11.3 Å². The van der Waals surface area contributed by atoms with Crippen molar-refractivity contribution in [2.75, 3.05) is 37.7 Å². The minimum absolute atomic E-state index is 0.281. The van der Waals surface area contributed by atoms with E-state index in [9.17, 15) is 9.18 Å². The topological polar surface area (TPSA) is 65.9 Å². The summed E-state index contributed by atoms with van der Waals surface area (Å²) in [7, 11) is 0. The summed E-state index contributed by atoms with van der Waals surface area (Å²) in [6.07, 6.45) is 1.80. The number of aromatic nitrogens is 1. The highest BCUT2D eigenvalue weighted by Gasteiger charge is 2.20. The fourth-order valence-corrected chi connectivity index (χ4v) is 3.72. The molecule has 1 N–H and O–H groups in total. The van der Waals surface area contributed by atoms with E-state index in [4.69, 9.17) is 9.84 Å². The van der Waals surface area contributed by atoms with Gasteiger partial charge in [0.1, 0.15) is 17.4 Å². The Bertz CT molecular complexity index is 1020. The van der Waals surface area contributed by atoms with Crippen LogP contribution in [0.2, 0.25) is 0 Å². The van der Waals surface area contributed by atoms with Gasteiger partial charge in [-0.25, -0.2) is 14.2 Å². The van der Waals surface area contributed by atoms with Crippen LogP contribution < -0.4 is 9.64 Å². The molecule has 2 aromatic carbocycles. The van der Waals surface area contributed by atoms with E-state index in [0.717, 1.165) is 48.7 Å². The molecule has 7 heteroatoms. The summed E-state index contributed by atoms with van der Waals surface area (Å²) in [5, 5.41) is 9.00. The molecule has 1 aromatic heterocycles. The van der Waals surface area contributed by atoms with Crippen LogP contribution >= 0.6 is 0 Å². The summed E-state index contributed by atoms with van der Waals surface area (Å²) in [6.45, 7) is 3.68. The van der Waals surface area contributed by atoms with Crippen LogP contribution in [-0.4, -0.2) is 53.7 Å². The van der Waals surface area contributed by atoms with E-state index in [1.807, 2.05) is 30.3 Å². The normalized spacial score (nSPS) is 14.4. The molecule has 1 saturated heterocycles. The Balaban J connectivity index is 1.50. The third-order valence-corrected chi connectivity index (χ3v) is 5.33. The molecule has 6 nitrogen and oxygen atoms in total. The summed E-state index contributed by atoms with van der Waals surface area (Å²) in [4.78, 5) is 20.0. The van der Waals surface area contributed by atoms with Crippen molar-refractivity contribution in [3.05, 3.63) is 78.2 Å². The Labute approximate surface area is 180 Å². The maximum absolute atomic E-state index is 13.3. The second-order valence-electron chi connectivity index (χ2n) is 7.46. The van der Waals surface area contributed by atoms with Gasteiger partial charge in [-0.05, 0) is 47.5 Å².